The zero-order valence-corrected chi connectivity index (χ0v) is 10.2. The number of H-pyrrole nitrogens is 1. The van der Waals surface area contributed by atoms with Crippen LogP contribution in [0.15, 0.2) is 4.79 Å². The topological polar surface area (TPSA) is 75.3 Å². The lowest BCUT2D eigenvalue weighted by Crippen LogP contribution is -2.33. The van der Waals surface area contributed by atoms with Crippen molar-refractivity contribution in [3.05, 3.63) is 27.4 Å². The van der Waals surface area contributed by atoms with Crippen molar-refractivity contribution in [1.82, 2.24) is 15.0 Å². The van der Waals surface area contributed by atoms with Crippen LogP contribution in [0.1, 0.15) is 47.1 Å². The lowest BCUT2D eigenvalue weighted by atomic mass is 10.2. The van der Waals surface area contributed by atoms with E-state index in [1.165, 1.54) is 5.06 Å². The molecule has 1 aromatic heterocycles. The van der Waals surface area contributed by atoms with Crippen LogP contribution in [0.2, 0.25) is 0 Å². The monoisotopic (exact) mass is 249 g/mol. The summed E-state index contributed by atoms with van der Waals surface area (Å²) in [4.78, 5) is 36.3. The van der Waals surface area contributed by atoms with E-state index in [0.29, 0.717) is 30.6 Å². The SMILES string of the molecule is Cc1nc(C2CC2)[nH]c(=O)c1C(=O)N1CCCO1. The smallest absolute Gasteiger partial charge is 0.284 e. The van der Waals surface area contributed by atoms with E-state index in [-0.39, 0.29) is 17.0 Å². The molecule has 18 heavy (non-hydrogen) atoms. The van der Waals surface area contributed by atoms with Gasteiger partial charge in [-0.15, -0.1) is 0 Å². The molecule has 96 valence electrons. The van der Waals surface area contributed by atoms with Gasteiger partial charge in [-0.25, -0.2) is 10.0 Å². The Kier molecular flexibility index (Phi) is 2.66. The summed E-state index contributed by atoms with van der Waals surface area (Å²) in [6.45, 7) is 2.75. The van der Waals surface area contributed by atoms with Gasteiger partial charge in [0.1, 0.15) is 11.4 Å². The molecule has 6 nitrogen and oxygen atoms in total. The molecule has 1 aliphatic carbocycles. The fourth-order valence-electron chi connectivity index (χ4n) is 2.14. The number of carbonyl (C=O) groups excluding carboxylic acids is 1. The third kappa shape index (κ3) is 1.92. The maximum Gasteiger partial charge on any atom is 0.284 e. The van der Waals surface area contributed by atoms with Crippen LogP contribution in [0.4, 0.5) is 0 Å². The molecule has 2 fully saturated rings. The highest BCUT2D eigenvalue weighted by Crippen LogP contribution is 2.37. The zero-order chi connectivity index (χ0) is 12.7. The second-order valence-electron chi connectivity index (χ2n) is 4.78. The molecule has 2 aliphatic rings. The molecule has 0 aromatic carbocycles. The highest BCUT2D eigenvalue weighted by atomic mass is 16.7. The van der Waals surface area contributed by atoms with E-state index in [1.54, 1.807) is 6.92 Å². The molecule has 1 saturated carbocycles. The van der Waals surface area contributed by atoms with Crippen molar-refractivity contribution in [3.8, 4) is 0 Å². The van der Waals surface area contributed by atoms with Gasteiger partial charge in [0, 0.05) is 5.92 Å². The zero-order valence-electron chi connectivity index (χ0n) is 10.2. The van der Waals surface area contributed by atoms with Gasteiger partial charge < -0.3 is 4.98 Å². The predicted molar refractivity (Wildman–Crippen MR) is 63.2 cm³/mol. The number of carbonyl (C=O) groups is 1. The highest BCUT2D eigenvalue weighted by Gasteiger charge is 2.30. The maximum atomic E-state index is 12.1. The second-order valence-corrected chi connectivity index (χ2v) is 4.78. The van der Waals surface area contributed by atoms with Crippen molar-refractivity contribution in [2.75, 3.05) is 13.2 Å². The Labute approximate surface area is 104 Å². The molecule has 0 spiro atoms. The molecule has 0 atom stereocenters. The predicted octanol–water partition coefficient (Wildman–Crippen LogP) is 0.733. The molecule has 6 heteroatoms. The number of nitrogens with one attached hydrogen (secondary N) is 1. The third-order valence-electron chi connectivity index (χ3n) is 3.28. The number of aryl methyl sites for hydroxylation is 1. The molecule has 1 amide bonds. The van der Waals surface area contributed by atoms with Crippen LogP contribution in [-0.2, 0) is 4.84 Å². The summed E-state index contributed by atoms with van der Waals surface area (Å²) in [6.07, 6.45) is 2.92. The van der Waals surface area contributed by atoms with Gasteiger partial charge in [0.2, 0.25) is 0 Å². The quantitative estimate of drug-likeness (QED) is 0.838. The van der Waals surface area contributed by atoms with Crippen molar-refractivity contribution >= 4 is 5.91 Å². The minimum atomic E-state index is -0.388. The van der Waals surface area contributed by atoms with Gasteiger partial charge in [0.15, 0.2) is 0 Å². The van der Waals surface area contributed by atoms with Crippen LogP contribution in [0.3, 0.4) is 0 Å². The first-order valence-electron chi connectivity index (χ1n) is 6.22. The second kappa shape index (κ2) is 4.20. The summed E-state index contributed by atoms with van der Waals surface area (Å²) in [5, 5.41) is 1.25. The van der Waals surface area contributed by atoms with Crippen LogP contribution in [0.5, 0.6) is 0 Å². The Bertz CT molecular complexity index is 542. The van der Waals surface area contributed by atoms with Crippen molar-refractivity contribution in [1.29, 1.82) is 0 Å². The Morgan fingerprint density at radius 2 is 2.28 bits per heavy atom. The van der Waals surface area contributed by atoms with Crippen LogP contribution < -0.4 is 5.56 Å². The molecule has 0 bridgehead atoms. The number of hydrogen-bond donors (Lipinski definition) is 1. The van der Waals surface area contributed by atoms with Crippen molar-refractivity contribution in [2.24, 2.45) is 0 Å². The van der Waals surface area contributed by atoms with E-state index >= 15 is 0 Å². The fourth-order valence-corrected chi connectivity index (χ4v) is 2.14. The van der Waals surface area contributed by atoms with Gasteiger partial charge in [0.05, 0.1) is 18.8 Å². The number of aromatic amines is 1. The molecular weight excluding hydrogens is 234 g/mol. The molecule has 1 N–H and O–H groups in total. The lowest BCUT2D eigenvalue weighted by Gasteiger charge is -2.14. The van der Waals surface area contributed by atoms with E-state index in [0.717, 1.165) is 19.3 Å². The average Bonchev–Trinajstić information content (AvgIpc) is 3.03. The summed E-state index contributed by atoms with van der Waals surface area (Å²) in [6, 6.07) is 0. The van der Waals surface area contributed by atoms with Gasteiger partial charge in [0.25, 0.3) is 11.5 Å². The van der Waals surface area contributed by atoms with E-state index < -0.39 is 0 Å². The van der Waals surface area contributed by atoms with Gasteiger partial charge in [-0.2, -0.15) is 0 Å². The highest BCUT2D eigenvalue weighted by molar-refractivity contribution is 5.94. The maximum absolute atomic E-state index is 12.1. The van der Waals surface area contributed by atoms with Crippen LogP contribution in [0.25, 0.3) is 0 Å². The van der Waals surface area contributed by atoms with Crippen LogP contribution >= 0.6 is 0 Å². The Morgan fingerprint density at radius 3 is 2.83 bits per heavy atom. The summed E-state index contributed by atoms with van der Waals surface area (Å²) < 4.78 is 0. The fraction of sp³-hybridized carbons (Fsp3) is 0.583. The Hall–Kier alpha value is -1.69. The van der Waals surface area contributed by atoms with E-state index in [2.05, 4.69) is 9.97 Å². The third-order valence-corrected chi connectivity index (χ3v) is 3.28. The summed E-state index contributed by atoms with van der Waals surface area (Å²) in [5.74, 6) is 0.682. The first kappa shape index (κ1) is 11.4. The first-order chi connectivity index (χ1) is 8.66. The average molecular weight is 249 g/mol. The number of amides is 1. The molecule has 1 saturated heterocycles. The molecule has 1 aromatic rings. The largest absolute Gasteiger partial charge is 0.310 e. The number of hydroxylamine groups is 2. The molecule has 3 rings (SSSR count). The molecule has 2 heterocycles. The Morgan fingerprint density at radius 1 is 1.50 bits per heavy atom. The van der Waals surface area contributed by atoms with Gasteiger partial charge in [-0.3, -0.25) is 14.4 Å². The van der Waals surface area contributed by atoms with E-state index in [4.69, 9.17) is 4.84 Å². The first-order valence-corrected chi connectivity index (χ1v) is 6.22. The number of rotatable bonds is 2. The normalized spacial score (nSPS) is 19.3. The number of hydrogen-bond acceptors (Lipinski definition) is 4. The van der Waals surface area contributed by atoms with Crippen molar-refractivity contribution in [2.45, 2.75) is 32.1 Å². The molecule has 0 radical (unpaired) electrons. The molecule has 1 aliphatic heterocycles. The van der Waals surface area contributed by atoms with Crippen LogP contribution in [-0.4, -0.2) is 34.1 Å². The Balaban J connectivity index is 1.95. The standard InChI is InChI=1S/C12H15N3O3/c1-7-9(12(17)15-5-2-6-18-15)11(16)14-10(13-7)8-3-4-8/h8H,2-6H2,1H3,(H,13,14,16). The molecule has 0 unspecified atom stereocenters. The summed E-state index contributed by atoms with van der Waals surface area (Å²) >= 11 is 0. The summed E-state index contributed by atoms with van der Waals surface area (Å²) in [5.41, 5.74) is 0.229. The number of nitrogens with zero attached hydrogens (tertiary/aromatic N) is 2. The van der Waals surface area contributed by atoms with Gasteiger partial charge >= 0.3 is 0 Å². The van der Waals surface area contributed by atoms with Crippen molar-refractivity contribution < 1.29 is 9.63 Å². The summed E-state index contributed by atoms with van der Waals surface area (Å²) in [7, 11) is 0. The lowest BCUT2D eigenvalue weighted by molar-refractivity contribution is -0.0770. The van der Waals surface area contributed by atoms with E-state index in [1.807, 2.05) is 0 Å². The van der Waals surface area contributed by atoms with E-state index in [9.17, 15) is 9.59 Å². The molecular formula is C12H15N3O3. The number of aromatic nitrogens is 2. The van der Waals surface area contributed by atoms with Crippen molar-refractivity contribution in [3.63, 3.8) is 0 Å². The minimum Gasteiger partial charge on any atom is -0.310 e. The van der Waals surface area contributed by atoms with Crippen LogP contribution in [0, 0.1) is 6.92 Å². The minimum absolute atomic E-state index is 0.0984. The van der Waals surface area contributed by atoms with Gasteiger partial charge in [-0.05, 0) is 26.2 Å². The van der Waals surface area contributed by atoms with Gasteiger partial charge in [-0.1, -0.05) is 0 Å².